The molecule has 1 aromatic rings. The van der Waals surface area contributed by atoms with Crippen LogP contribution in [0.2, 0.25) is 0 Å². The molecule has 0 N–H and O–H groups in total. The van der Waals surface area contributed by atoms with Gasteiger partial charge in [-0.2, -0.15) is 0 Å². The van der Waals surface area contributed by atoms with Gasteiger partial charge in [-0.15, -0.1) is 0 Å². The molecule has 1 aromatic carbocycles. The molecule has 0 aliphatic heterocycles. The first-order valence-corrected chi connectivity index (χ1v) is 7.22. The summed E-state index contributed by atoms with van der Waals surface area (Å²) in [5.74, 6) is -0.798. The molecular weight excluding hydrogens is 252 g/mol. The SMILES string of the molecule is COC(=O)C(C)(C)CS(=O)(=O)c1ccc(C)cc1. The van der Waals surface area contributed by atoms with Crippen LogP contribution >= 0.6 is 0 Å². The lowest BCUT2D eigenvalue weighted by Gasteiger charge is -2.21. The predicted molar refractivity (Wildman–Crippen MR) is 69.0 cm³/mol. The van der Waals surface area contributed by atoms with Crippen molar-refractivity contribution >= 4 is 15.8 Å². The summed E-state index contributed by atoms with van der Waals surface area (Å²) in [4.78, 5) is 11.7. The molecule has 0 saturated carbocycles. The molecule has 0 heterocycles. The number of benzene rings is 1. The van der Waals surface area contributed by atoms with E-state index in [1.54, 1.807) is 38.1 Å². The van der Waals surface area contributed by atoms with Gasteiger partial charge in [-0.25, -0.2) is 8.42 Å². The molecule has 0 amide bonds. The highest BCUT2D eigenvalue weighted by Crippen LogP contribution is 2.24. The Labute approximate surface area is 108 Å². The third kappa shape index (κ3) is 3.32. The third-order valence-electron chi connectivity index (χ3n) is 2.67. The van der Waals surface area contributed by atoms with Gasteiger partial charge in [0.25, 0.3) is 0 Å². The Morgan fingerprint density at radius 3 is 2.17 bits per heavy atom. The monoisotopic (exact) mass is 270 g/mol. The number of carbonyl (C=O) groups is 1. The first-order chi connectivity index (χ1) is 8.19. The van der Waals surface area contributed by atoms with Crippen LogP contribution < -0.4 is 0 Å². The molecule has 0 unspecified atom stereocenters. The van der Waals surface area contributed by atoms with Crippen LogP contribution in [0.3, 0.4) is 0 Å². The average Bonchev–Trinajstić information content (AvgIpc) is 2.27. The number of carbonyl (C=O) groups excluding carboxylic acids is 1. The molecule has 18 heavy (non-hydrogen) atoms. The van der Waals surface area contributed by atoms with E-state index in [0.29, 0.717) is 0 Å². The van der Waals surface area contributed by atoms with E-state index in [-0.39, 0.29) is 10.6 Å². The molecule has 1 rings (SSSR count). The molecule has 0 bridgehead atoms. The summed E-state index contributed by atoms with van der Waals surface area (Å²) in [6, 6.07) is 6.58. The first kappa shape index (κ1) is 14.7. The van der Waals surface area contributed by atoms with Gasteiger partial charge in [0.1, 0.15) is 0 Å². The van der Waals surface area contributed by atoms with Crippen LogP contribution in [0, 0.1) is 12.3 Å². The molecule has 0 aliphatic rings. The van der Waals surface area contributed by atoms with E-state index >= 15 is 0 Å². The van der Waals surface area contributed by atoms with Gasteiger partial charge in [-0.05, 0) is 32.9 Å². The Bertz CT molecular complexity index is 527. The van der Waals surface area contributed by atoms with Gasteiger partial charge < -0.3 is 4.74 Å². The van der Waals surface area contributed by atoms with Crippen LogP contribution in [-0.4, -0.2) is 27.2 Å². The minimum absolute atomic E-state index is 0.227. The lowest BCUT2D eigenvalue weighted by molar-refractivity contribution is -0.149. The van der Waals surface area contributed by atoms with E-state index in [1.165, 1.54) is 7.11 Å². The zero-order chi connectivity index (χ0) is 14.0. The Balaban J connectivity index is 3.02. The van der Waals surface area contributed by atoms with E-state index < -0.39 is 21.2 Å². The van der Waals surface area contributed by atoms with Crippen molar-refractivity contribution in [3.8, 4) is 0 Å². The Kier molecular flexibility index (Phi) is 4.16. The smallest absolute Gasteiger partial charge is 0.312 e. The van der Waals surface area contributed by atoms with Crippen molar-refractivity contribution in [1.82, 2.24) is 0 Å². The fraction of sp³-hybridized carbons (Fsp3) is 0.462. The van der Waals surface area contributed by atoms with Crippen molar-refractivity contribution in [3.63, 3.8) is 0 Å². The van der Waals surface area contributed by atoms with Gasteiger partial charge in [0.2, 0.25) is 0 Å². The minimum atomic E-state index is -3.49. The molecule has 5 heteroatoms. The van der Waals surface area contributed by atoms with Gasteiger partial charge in [-0.3, -0.25) is 4.79 Å². The molecule has 0 saturated heterocycles. The molecule has 0 atom stereocenters. The molecule has 0 radical (unpaired) electrons. The molecule has 0 fully saturated rings. The average molecular weight is 270 g/mol. The summed E-state index contributed by atoms with van der Waals surface area (Å²) in [5, 5.41) is 0. The highest BCUT2D eigenvalue weighted by atomic mass is 32.2. The molecule has 100 valence electrons. The van der Waals surface area contributed by atoms with E-state index in [0.717, 1.165) is 5.56 Å². The fourth-order valence-corrected chi connectivity index (χ4v) is 3.42. The quantitative estimate of drug-likeness (QED) is 0.785. The van der Waals surface area contributed by atoms with Gasteiger partial charge >= 0.3 is 5.97 Å². The number of hydrogen-bond acceptors (Lipinski definition) is 4. The van der Waals surface area contributed by atoms with Crippen LogP contribution in [0.25, 0.3) is 0 Å². The van der Waals surface area contributed by atoms with Crippen molar-refractivity contribution in [3.05, 3.63) is 29.8 Å². The first-order valence-electron chi connectivity index (χ1n) is 5.57. The van der Waals surface area contributed by atoms with Gasteiger partial charge in [0.05, 0.1) is 23.2 Å². The van der Waals surface area contributed by atoms with Crippen LogP contribution in [0.15, 0.2) is 29.2 Å². The summed E-state index contributed by atoms with van der Waals surface area (Å²) < 4.78 is 29.0. The maximum atomic E-state index is 12.2. The molecule has 0 spiro atoms. The standard InChI is InChI=1S/C13H18O4S/c1-10-5-7-11(8-6-10)18(15,16)9-13(2,3)12(14)17-4/h5-8H,9H2,1-4H3. The lowest BCUT2D eigenvalue weighted by Crippen LogP contribution is -2.33. The second kappa shape index (κ2) is 5.10. The number of aryl methyl sites for hydroxylation is 1. The van der Waals surface area contributed by atoms with Crippen molar-refractivity contribution in [2.24, 2.45) is 5.41 Å². The summed E-state index contributed by atoms with van der Waals surface area (Å²) in [7, 11) is -2.24. The largest absolute Gasteiger partial charge is 0.469 e. The number of sulfone groups is 1. The van der Waals surface area contributed by atoms with Crippen LogP contribution in [0.1, 0.15) is 19.4 Å². The van der Waals surface area contributed by atoms with Crippen LogP contribution in [0.5, 0.6) is 0 Å². The number of rotatable bonds is 4. The molecule has 0 aliphatic carbocycles. The van der Waals surface area contributed by atoms with Crippen molar-refractivity contribution in [2.75, 3.05) is 12.9 Å². The van der Waals surface area contributed by atoms with Crippen molar-refractivity contribution in [1.29, 1.82) is 0 Å². The van der Waals surface area contributed by atoms with Gasteiger partial charge in [-0.1, -0.05) is 17.7 Å². The highest BCUT2D eigenvalue weighted by Gasteiger charge is 2.35. The Morgan fingerprint density at radius 1 is 1.22 bits per heavy atom. The van der Waals surface area contributed by atoms with Crippen LogP contribution in [-0.2, 0) is 19.4 Å². The summed E-state index contributed by atoms with van der Waals surface area (Å²) in [6.07, 6.45) is 0. The van der Waals surface area contributed by atoms with Crippen molar-refractivity contribution in [2.45, 2.75) is 25.7 Å². The maximum Gasteiger partial charge on any atom is 0.312 e. The maximum absolute atomic E-state index is 12.2. The lowest BCUT2D eigenvalue weighted by atomic mass is 9.97. The highest BCUT2D eigenvalue weighted by molar-refractivity contribution is 7.91. The summed E-state index contributed by atoms with van der Waals surface area (Å²) >= 11 is 0. The van der Waals surface area contributed by atoms with E-state index in [1.807, 2.05) is 6.92 Å². The molecule has 4 nitrogen and oxygen atoms in total. The Hall–Kier alpha value is -1.36. The third-order valence-corrected chi connectivity index (χ3v) is 4.76. The number of methoxy groups -OCH3 is 1. The van der Waals surface area contributed by atoms with E-state index in [2.05, 4.69) is 4.74 Å². The van der Waals surface area contributed by atoms with Gasteiger partial charge in [0.15, 0.2) is 9.84 Å². The fourth-order valence-electron chi connectivity index (χ4n) is 1.64. The minimum Gasteiger partial charge on any atom is -0.469 e. The van der Waals surface area contributed by atoms with Crippen molar-refractivity contribution < 1.29 is 17.9 Å². The van der Waals surface area contributed by atoms with Gasteiger partial charge in [0, 0.05) is 0 Å². The second-order valence-electron chi connectivity index (χ2n) is 4.95. The zero-order valence-corrected chi connectivity index (χ0v) is 11.9. The summed E-state index contributed by atoms with van der Waals surface area (Å²) in [5.41, 5.74) is -0.0699. The summed E-state index contributed by atoms with van der Waals surface area (Å²) in [6.45, 7) is 5.00. The topological polar surface area (TPSA) is 60.4 Å². The zero-order valence-electron chi connectivity index (χ0n) is 11.1. The molecular formula is C13H18O4S. The number of ether oxygens (including phenoxy) is 1. The van der Waals surface area contributed by atoms with Crippen LogP contribution in [0.4, 0.5) is 0 Å². The number of hydrogen-bond donors (Lipinski definition) is 0. The van der Waals surface area contributed by atoms with E-state index in [9.17, 15) is 13.2 Å². The normalized spacial score (nSPS) is 12.2. The number of esters is 1. The Morgan fingerprint density at radius 2 is 1.72 bits per heavy atom. The second-order valence-corrected chi connectivity index (χ2v) is 6.94. The van der Waals surface area contributed by atoms with E-state index in [4.69, 9.17) is 0 Å². The predicted octanol–water partition coefficient (Wildman–Crippen LogP) is 1.97. The molecule has 0 aromatic heterocycles.